The van der Waals surface area contributed by atoms with Crippen LogP contribution in [0.5, 0.6) is 0 Å². The second kappa shape index (κ2) is 12.4. The molecule has 8 nitrogen and oxygen atoms in total. The summed E-state index contributed by atoms with van der Waals surface area (Å²) in [6, 6.07) is 12.4. The lowest BCUT2D eigenvalue weighted by atomic mass is 10.0. The summed E-state index contributed by atoms with van der Waals surface area (Å²) < 4.78 is 1.61. The third-order valence-electron chi connectivity index (χ3n) is 6.18. The van der Waals surface area contributed by atoms with E-state index in [1.807, 2.05) is 0 Å². The SMILES string of the molecule is Cl.Cl.Cl.Cn1c(N2CCN[C@@H](c3ccc(N4CCCC4)cc3)C2)nc(-c2ccncn2)cc1=O. The molecule has 1 atom stereocenters. The molecule has 1 aromatic carbocycles. The van der Waals surface area contributed by atoms with Crippen molar-refractivity contribution in [3.8, 4) is 11.4 Å². The van der Waals surface area contributed by atoms with Crippen LogP contribution < -0.4 is 20.7 Å². The Bertz CT molecular complexity index is 1110. The van der Waals surface area contributed by atoms with Gasteiger partial charge in [0.05, 0.1) is 11.4 Å². The first-order valence-electron chi connectivity index (χ1n) is 10.9. The highest BCUT2D eigenvalue weighted by molar-refractivity contribution is 5.86. The van der Waals surface area contributed by atoms with Crippen LogP contribution in [0.2, 0.25) is 0 Å². The number of hydrogen-bond acceptors (Lipinski definition) is 7. The predicted molar refractivity (Wildman–Crippen MR) is 143 cm³/mol. The van der Waals surface area contributed by atoms with Crippen molar-refractivity contribution < 1.29 is 0 Å². The molecule has 184 valence electrons. The Balaban J connectivity index is 0.00000136. The van der Waals surface area contributed by atoms with E-state index in [9.17, 15) is 4.79 Å². The van der Waals surface area contributed by atoms with E-state index in [2.05, 4.69) is 49.4 Å². The lowest BCUT2D eigenvalue weighted by Crippen LogP contribution is -2.47. The smallest absolute Gasteiger partial charge is 0.255 e. The van der Waals surface area contributed by atoms with Crippen LogP contribution >= 0.6 is 37.2 Å². The minimum atomic E-state index is -0.0938. The van der Waals surface area contributed by atoms with Crippen LogP contribution in [0.25, 0.3) is 11.4 Å². The molecule has 2 aliphatic heterocycles. The second-order valence-electron chi connectivity index (χ2n) is 8.17. The van der Waals surface area contributed by atoms with Crippen molar-refractivity contribution in [1.29, 1.82) is 0 Å². The number of piperazine rings is 1. The molecule has 2 aliphatic rings. The summed E-state index contributed by atoms with van der Waals surface area (Å²) in [5.74, 6) is 0.668. The normalized spacial score (nSPS) is 17.4. The second-order valence-corrected chi connectivity index (χ2v) is 8.17. The molecule has 0 saturated carbocycles. The van der Waals surface area contributed by atoms with Crippen LogP contribution in [0.1, 0.15) is 24.4 Å². The number of hydrogen-bond donors (Lipinski definition) is 1. The molecule has 11 heteroatoms. The Morgan fingerprint density at radius 1 is 0.941 bits per heavy atom. The Hall–Kier alpha value is -2.39. The molecule has 2 fully saturated rings. The van der Waals surface area contributed by atoms with Gasteiger partial charge < -0.3 is 15.1 Å². The lowest BCUT2D eigenvalue weighted by molar-refractivity contribution is 0.462. The zero-order chi connectivity index (χ0) is 21.2. The minimum Gasteiger partial charge on any atom is -0.372 e. The average molecular weight is 527 g/mol. The number of halogens is 3. The monoisotopic (exact) mass is 525 g/mol. The van der Waals surface area contributed by atoms with Gasteiger partial charge in [-0.3, -0.25) is 9.36 Å². The van der Waals surface area contributed by atoms with E-state index >= 15 is 0 Å². The molecule has 0 amide bonds. The fourth-order valence-corrected chi connectivity index (χ4v) is 4.43. The molecule has 3 aromatic rings. The molecule has 2 saturated heterocycles. The largest absolute Gasteiger partial charge is 0.372 e. The number of anilines is 2. The highest BCUT2D eigenvalue weighted by Crippen LogP contribution is 2.26. The van der Waals surface area contributed by atoms with E-state index in [4.69, 9.17) is 4.98 Å². The van der Waals surface area contributed by atoms with Gasteiger partial charge in [-0.1, -0.05) is 12.1 Å². The van der Waals surface area contributed by atoms with E-state index in [1.54, 1.807) is 23.9 Å². The molecule has 0 bridgehead atoms. The topological polar surface area (TPSA) is 79.2 Å². The molecule has 5 rings (SSSR count). The summed E-state index contributed by atoms with van der Waals surface area (Å²) in [5, 5.41) is 3.61. The van der Waals surface area contributed by atoms with Crippen LogP contribution in [0.4, 0.5) is 11.6 Å². The van der Waals surface area contributed by atoms with Gasteiger partial charge in [0, 0.05) is 63.8 Å². The Morgan fingerprint density at radius 2 is 1.68 bits per heavy atom. The fraction of sp³-hybridized carbons (Fsp3) is 0.391. The summed E-state index contributed by atoms with van der Waals surface area (Å²) in [5.41, 5.74) is 3.69. The molecule has 4 heterocycles. The Kier molecular flexibility index (Phi) is 10.1. The first-order chi connectivity index (χ1) is 15.2. The maximum atomic E-state index is 12.6. The van der Waals surface area contributed by atoms with Crippen molar-refractivity contribution in [3.63, 3.8) is 0 Å². The third-order valence-corrected chi connectivity index (χ3v) is 6.18. The molecule has 0 radical (unpaired) electrons. The standard InChI is InChI=1S/C23H27N7O.3ClH/c1-28-22(31)14-20(19-8-9-24-16-26-19)27-23(28)30-13-10-25-21(15-30)17-4-6-18(7-5-17)29-11-2-3-12-29;;;/h4-9,14,16,21,25H,2-3,10-13,15H2,1H3;3*1H/t21-;;;/m1.../s1. The minimum absolute atomic E-state index is 0. The number of aromatic nitrogens is 4. The van der Waals surface area contributed by atoms with E-state index in [0.717, 1.165) is 32.7 Å². The zero-order valence-electron chi connectivity index (χ0n) is 19.0. The van der Waals surface area contributed by atoms with E-state index < -0.39 is 0 Å². The lowest BCUT2D eigenvalue weighted by Gasteiger charge is -2.35. The Labute approximate surface area is 218 Å². The molecule has 0 aliphatic carbocycles. The van der Waals surface area contributed by atoms with Crippen LogP contribution in [0.3, 0.4) is 0 Å². The van der Waals surface area contributed by atoms with Gasteiger partial charge in [0.1, 0.15) is 6.33 Å². The van der Waals surface area contributed by atoms with Crippen LogP contribution in [-0.2, 0) is 7.05 Å². The van der Waals surface area contributed by atoms with E-state index in [1.165, 1.54) is 36.5 Å². The van der Waals surface area contributed by atoms with Crippen molar-refractivity contribution >= 4 is 48.9 Å². The van der Waals surface area contributed by atoms with Gasteiger partial charge in [-0.2, -0.15) is 0 Å². The molecule has 0 unspecified atom stereocenters. The third kappa shape index (κ3) is 5.81. The van der Waals surface area contributed by atoms with Gasteiger partial charge >= 0.3 is 0 Å². The van der Waals surface area contributed by atoms with Crippen molar-refractivity contribution in [3.05, 3.63) is 64.8 Å². The highest BCUT2D eigenvalue weighted by atomic mass is 35.5. The summed E-state index contributed by atoms with van der Waals surface area (Å²) >= 11 is 0. The van der Waals surface area contributed by atoms with Crippen LogP contribution in [-0.4, -0.2) is 52.2 Å². The van der Waals surface area contributed by atoms with Gasteiger partial charge in [0.2, 0.25) is 5.95 Å². The number of benzene rings is 1. The van der Waals surface area contributed by atoms with E-state index in [0.29, 0.717) is 17.3 Å². The number of nitrogens with one attached hydrogen (secondary N) is 1. The average Bonchev–Trinajstić information content (AvgIpc) is 3.37. The van der Waals surface area contributed by atoms with Gasteiger partial charge in [-0.05, 0) is 36.6 Å². The van der Waals surface area contributed by atoms with Crippen molar-refractivity contribution in [1.82, 2.24) is 24.8 Å². The van der Waals surface area contributed by atoms with Crippen LogP contribution in [0.15, 0.2) is 53.7 Å². The maximum absolute atomic E-state index is 12.6. The fourth-order valence-electron chi connectivity index (χ4n) is 4.43. The van der Waals surface area contributed by atoms with Gasteiger partial charge in [-0.25, -0.2) is 15.0 Å². The van der Waals surface area contributed by atoms with E-state index in [-0.39, 0.29) is 48.8 Å². The van der Waals surface area contributed by atoms with Gasteiger partial charge in [0.25, 0.3) is 5.56 Å². The summed E-state index contributed by atoms with van der Waals surface area (Å²) in [6.07, 6.45) is 5.69. The number of rotatable bonds is 4. The van der Waals surface area contributed by atoms with Gasteiger partial charge in [0.15, 0.2) is 0 Å². The molecule has 34 heavy (non-hydrogen) atoms. The predicted octanol–water partition coefficient (Wildman–Crippen LogP) is 3.25. The Morgan fingerprint density at radius 3 is 2.35 bits per heavy atom. The quantitative estimate of drug-likeness (QED) is 0.559. The number of nitrogens with zero attached hydrogens (tertiary/aromatic N) is 6. The van der Waals surface area contributed by atoms with Crippen molar-refractivity contribution in [2.24, 2.45) is 7.05 Å². The van der Waals surface area contributed by atoms with Crippen molar-refractivity contribution in [2.45, 2.75) is 18.9 Å². The van der Waals surface area contributed by atoms with Crippen molar-refractivity contribution in [2.75, 3.05) is 42.5 Å². The summed E-state index contributed by atoms with van der Waals surface area (Å²) in [4.78, 5) is 30.2. The summed E-state index contributed by atoms with van der Waals surface area (Å²) in [6.45, 7) is 4.66. The maximum Gasteiger partial charge on any atom is 0.255 e. The molecule has 0 spiro atoms. The summed E-state index contributed by atoms with van der Waals surface area (Å²) in [7, 11) is 1.77. The first-order valence-corrected chi connectivity index (χ1v) is 10.9. The van der Waals surface area contributed by atoms with Gasteiger partial charge in [-0.15, -0.1) is 37.2 Å². The molecular weight excluding hydrogens is 497 g/mol. The zero-order valence-corrected chi connectivity index (χ0v) is 21.4. The first kappa shape index (κ1) is 27.9. The molecule has 1 N–H and O–H groups in total. The highest BCUT2D eigenvalue weighted by Gasteiger charge is 2.24. The molecular formula is C23H30Cl3N7O. The van der Waals surface area contributed by atoms with Crippen LogP contribution in [0, 0.1) is 0 Å². The molecule has 2 aromatic heterocycles.